The average molecular weight is 268 g/mol. The molecule has 1 atom stereocenters. The molecule has 0 aliphatic rings. The Balaban J connectivity index is 3.00. The average Bonchev–Trinajstić information content (AvgIpc) is 2.33. The van der Waals surface area contributed by atoms with Gasteiger partial charge in [-0.15, -0.1) is 0 Å². The highest BCUT2D eigenvalue weighted by Crippen LogP contribution is 2.32. The number of halogens is 1. The van der Waals surface area contributed by atoms with Crippen LogP contribution in [0.15, 0.2) is 12.1 Å². The van der Waals surface area contributed by atoms with E-state index in [1.165, 1.54) is 36.8 Å². The zero-order valence-corrected chi connectivity index (χ0v) is 12.8. The van der Waals surface area contributed by atoms with Crippen molar-refractivity contribution >= 4 is 11.6 Å². The van der Waals surface area contributed by atoms with Crippen LogP contribution in [0, 0.1) is 19.8 Å². The maximum absolute atomic E-state index is 6.49. The minimum atomic E-state index is 0.140. The summed E-state index contributed by atoms with van der Waals surface area (Å²) in [5.41, 5.74) is 10.1. The van der Waals surface area contributed by atoms with Crippen LogP contribution in [0.3, 0.4) is 0 Å². The van der Waals surface area contributed by atoms with Crippen LogP contribution in [0.2, 0.25) is 5.02 Å². The van der Waals surface area contributed by atoms with E-state index < -0.39 is 0 Å². The fraction of sp³-hybridized carbons (Fsp3) is 0.625. The first kappa shape index (κ1) is 15.5. The van der Waals surface area contributed by atoms with Gasteiger partial charge in [-0.3, -0.25) is 0 Å². The molecule has 2 N–H and O–H groups in total. The lowest BCUT2D eigenvalue weighted by molar-refractivity contribution is 0.368. The molecular formula is C16H26ClN. The first-order valence-corrected chi connectivity index (χ1v) is 7.41. The Morgan fingerprint density at radius 3 is 2.11 bits per heavy atom. The van der Waals surface area contributed by atoms with Gasteiger partial charge in [-0.25, -0.2) is 0 Å². The predicted octanol–water partition coefficient (Wildman–Crippen LogP) is 5.17. The SMILES string of the molecule is CCCC(CCC)C(N)c1cc(C)c(Cl)cc1C. The molecule has 1 aromatic rings. The van der Waals surface area contributed by atoms with Gasteiger partial charge in [0.2, 0.25) is 0 Å². The van der Waals surface area contributed by atoms with Crippen LogP contribution < -0.4 is 5.73 Å². The highest BCUT2D eigenvalue weighted by molar-refractivity contribution is 6.31. The van der Waals surface area contributed by atoms with Crippen molar-refractivity contribution in [1.29, 1.82) is 0 Å². The molecule has 0 fully saturated rings. The first-order chi connectivity index (χ1) is 8.51. The Bertz CT molecular complexity index is 381. The van der Waals surface area contributed by atoms with E-state index in [9.17, 15) is 0 Å². The van der Waals surface area contributed by atoms with Gasteiger partial charge in [0.1, 0.15) is 0 Å². The summed E-state index contributed by atoms with van der Waals surface area (Å²) in [6.07, 6.45) is 4.81. The third-order valence-corrected chi connectivity index (χ3v) is 4.14. The van der Waals surface area contributed by atoms with E-state index in [2.05, 4.69) is 26.8 Å². The monoisotopic (exact) mass is 267 g/mol. The van der Waals surface area contributed by atoms with Crippen LogP contribution in [-0.4, -0.2) is 0 Å². The van der Waals surface area contributed by atoms with E-state index in [1.54, 1.807) is 0 Å². The summed E-state index contributed by atoms with van der Waals surface area (Å²) in [6.45, 7) is 8.62. The summed E-state index contributed by atoms with van der Waals surface area (Å²) in [5.74, 6) is 0.583. The second-order valence-electron chi connectivity index (χ2n) is 5.32. The molecule has 1 nitrogen and oxygen atoms in total. The van der Waals surface area contributed by atoms with Crippen LogP contribution in [0.5, 0.6) is 0 Å². The minimum absolute atomic E-state index is 0.140. The van der Waals surface area contributed by atoms with Gasteiger partial charge in [0.25, 0.3) is 0 Å². The number of nitrogens with two attached hydrogens (primary N) is 1. The van der Waals surface area contributed by atoms with Crippen LogP contribution >= 0.6 is 11.6 Å². The molecule has 0 spiro atoms. The van der Waals surface area contributed by atoms with Crippen LogP contribution in [0.25, 0.3) is 0 Å². The Kier molecular flexibility index (Phi) is 6.17. The minimum Gasteiger partial charge on any atom is -0.324 e. The van der Waals surface area contributed by atoms with Crippen molar-refractivity contribution in [3.05, 3.63) is 33.8 Å². The molecule has 0 saturated carbocycles. The van der Waals surface area contributed by atoms with Gasteiger partial charge < -0.3 is 5.73 Å². The van der Waals surface area contributed by atoms with Crippen molar-refractivity contribution in [3.8, 4) is 0 Å². The van der Waals surface area contributed by atoms with Gasteiger partial charge in [0.15, 0.2) is 0 Å². The van der Waals surface area contributed by atoms with Gasteiger partial charge in [-0.1, -0.05) is 44.4 Å². The van der Waals surface area contributed by atoms with Gasteiger partial charge >= 0.3 is 0 Å². The number of hydrogen-bond donors (Lipinski definition) is 1. The van der Waals surface area contributed by atoms with Crippen molar-refractivity contribution in [2.75, 3.05) is 0 Å². The molecule has 0 aliphatic carbocycles. The highest BCUT2D eigenvalue weighted by atomic mass is 35.5. The van der Waals surface area contributed by atoms with E-state index in [-0.39, 0.29) is 6.04 Å². The number of hydrogen-bond acceptors (Lipinski definition) is 1. The Morgan fingerprint density at radius 1 is 1.06 bits per heavy atom. The normalized spacial score (nSPS) is 13.1. The summed E-state index contributed by atoms with van der Waals surface area (Å²) in [5, 5.41) is 0.839. The molecule has 18 heavy (non-hydrogen) atoms. The summed E-state index contributed by atoms with van der Waals surface area (Å²) >= 11 is 6.15. The molecule has 0 saturated heterocycles. The quantitative estimate of drug-likeness (QED) is 0.756. The Hall–Kier alpha value is -0.530. The van der Waals surface area contributed by atoms with Gasteiger partial charge in [-0.2, -0.15) is 0 Å². The summed E-state index contributed by atoms with van der Waals surface area (Å²) in [6, 6.07) is 4.35. The van der Waals surface area contributed by atoms with Gasteiger partial charge in [0, 0.05) is 11.1 Å². The van der Waals surface area contributed by atoms with Crippen molar-refractivity contribution in [3.63, 3.8) is 0 Å². The van der Waals surface area contributed by atoms with Crippen molar-refractivity contribution in [1.82, 2.24) is 0 Å². The summed E-state index contributed by atoms with van der Waals surface area (Å²) in [4.78, 5) is 0. The van der Waals surface area contributed by atoms with Crippen molar-refractivity contribution < 1.29 is 0 Å². The van der Waals surface area contributed by atoms with Crippen LogP contribution in [-0.2, 0) is 0 Å². The van der Waals surface area contributed by atoms with E-state index >= 15 is 0 Å². The lowest BCUT2D eigenvalue weighted by Gasteiger charge is -2.25. The zero-order valence-electron chi connectivity index (χ0n) is 12.1. The standard InChI is InChI=1S/C16H26ClN/c1-5-7-13(8-6-2)16(18)14-9-12(4)15(17)10-11(14)3/h9-10,13,16H,5-8,18H2,1-4H3. The molecule has 1 unspecified atom stereocenters. The molecule has 1 rings (SSSR count). The lowest BCUT2D eigenvalue weighted by Crippen LogP contribution is -2.22. The molecule has 0 bridgehead atoms. The molecular weight excluding hydrogens is 242 g/mol. The Morgan fingerprint density at radius 2 is 1.61 bits per heavy atom. The second-order valence-corrected chi connectivity index (χ2v) is 5.73. The second kappa shape index (κ2) is 7.16. The fourth-order valence-corrected chi connectivity index (χ4v) is 2.88. The third-order valence-electron chi connectivity index (χ3n) is 3.73. The van der Waals surface area contributed by atoms with Gasteiger partial charge in [0.05, 0.1) is 0 Å². The molecule has 102 valence electrons. The third kappa shape index (κ3) is 3.73. The maximum atomic E-state index is 6.49. The van der Waals surface area contributed by atoms with E-state index in [0.717, 1.165) is 10.6 Å². The topological polar surface area (TPSA) is 26.0 Å². The summed E-state index contributed by atoms with van der Waals surface area (Å²) in [7, 11) is 0. The molecule has 0 heterocycles. The lowest BCUT2D eigenvalue weighted by atomic mass is 9.84. The van der Waals surface area contributed by atoms with Crippen LogP contribution in [0.1, 0.15) is 62.3 Å². The predicted molar refractivity (Wildman–Crippen MR) is 81.2 cm³/mol. The summed E-state index contributed by atoms with van der Waals surface area (Å²) < 4.78 is 0. The molecule has 1 aromatic carbocycles. The molecule has 0 amide bonds. The van der Waals surface area contributed by atoms with Crippen molar-refractivity contribution in [2.24, 2.45) is 11.7 Å². The number of rotatable bonds is 6. The fourth-order valence-electron chi connectivity index (χ4n) is 2.66. The number of benzene rings is 1. The molecule has 0 aliphatic heterocycles. The molecule has 0 radical (unpaired) electrons. The van der Waals surface area contributed by atoms with Crippen molar-refractivity contribution in [2.45, 2.75) is 59.4 Å². The maximum Gasteiger partial charge on any atom is 0.0438 e. The van der Waals surface area contributed by atoms with E-state index in [4.69, 9.17) is 17.3 Å². The zero-order chi connectivity index (χ0) is 13.7. The largest absolute Gasteiger partial charge is 0.324 e. The highest BCUT2D eigenvalue weighted by Gasteiger charge is 2.20. The van der Waals surface area contributed by atoms with E-state index in [1.807, 2.05) is 13.0 Å². The molecule has 2 heteroatoms. The first-order valence-electron chi connectivity index (χ1n) is 7.03. The molecule has 0 aromatic heterocycles. The Labute approximate surface area is 117 Å². The smallest absolute Gasteiger partial charge is 0.0438 e. The van der Waals surface area contributed by atoms with E-state index in [0.29, 0.717) is 5.92 Å². The number of aryl methyl sites for hydroxylation is 2. The van der Waals surface area contributed by atoms with Crippen LogP contribution in [0.4, 0.5) is 0 Å². The van der Waals surface area contributed by atoms with Gasteiger partial charge in [-0.05, 0) is 55.4 Å².